The van der Waals surface area contributed by atoms with Gasteiger partial charge in [0.2, 0.25) is 6.41 Å². The number of anilines is 1. The maximum absolute atomic E-state index is 12.4. The van der Waals surface area contributed by atoms with Crippen molar-refractivity contribution in [2.75, 3.05) is 25.6 Å². The van der Waals surface area contributed by atoms with Gasteiger partial charge in [-0.25, -0.2) is 0 Å². The Labute approximate surface area is 206 Å². The van der Waals surface area contributed by atoms with Crippen LogP contribution in [0.3, 0.4) is 0 Å². The van der Waals surface area contributed by atoms with E-state index in [1.54, 1.807) is 18.2 Å². The van der Waals surface area contributed by atoms with Crippen molar-refractivity contribution in [3.05, 3.63) is 59.7 Å². The molecule has 2 aromatic carbocycles. The van der Waals surface area contributed by atoms with Crippen LogP contribution in [0.1, 0.15) is 43.9 Å². The maximum atomic E-state index is 12.4. The Hall–Kier alpha value is -3.44. The quantitative estimate of drug-likeness (QED) is 0.303. The third-order valence-electron chi connectivity index (χ3n) is 4.15. The number of allylic oxidation sites excluding steroid dienone is 1. The lowest BCUT2D eigenvalue weighted by Gasteiger charge is -2.23. The first-order valence-electron chi connectivity index (χ1n) is 11.0. The number of hydrogen-bond acceptors (Lipinski definition) is 4. The van der Waals surface area contributed by atoms with Gasteiger partial charge >= 0.3 is 6.36 Å². The number of aliphatic hydroxyl groups excluding tert-OH is 1. The summed E-state index contributed by atoms with van der Waals surface area (Å²) in [5.74, 6) is 5.26. The molecule has 2 rings (SSSR count). The van der Waals surface area contributed by atoms with E-state index >= 15 is 0 Å². The summed E-state index contributed by atoms with van der Waals surface area (Å²) in [4.78, 5) is 12.7. The predicted octanol–water partition coefficient (Wildman–Crippen LogP) is 5.83. The van der Waals surface area contributed by atoms with Crippen LogP contribution in [-0.2, 0) is 11.3 Å². The molecule has 5 nitrogen and oxygen atoms in total. The Morgan fingerprint density at radius 3 is 2.17 bits per heavy atom. The van der Waals surface area contributed by atoms with E-state index in [9.17, 15) is 18.0 Å². The molecule has 0 spiro atoms. The number of alkyl halides is 3. The van der Waals surface area contributed by atoms with Gasteiger partial charge in [-0.2, -0.15) is 0 Å². The summed E-state index contributed by atoms with van der Waals surface area (Å²) in [5, 5.41) is 11.7. The molecule has 0 aromatic heterocycles. The van der Waals surface area contributed by atoms with E-state index in [0.717, 1.165) is 22.4 Å². The van der Waals surface area contributed by atoms with Crippen LogP contribution < -0.4 is 15.0 Å². The van der Waals surface area contributed by atoms with Crippen molar-refractivity contribution in [3.63, 3.8) is 0 Å². The van der Waals surface area contributed by atoms with Crippen LogP contribution >= 0.6 is 0 Å². The minimum Gasteiger partial charge on any atom is -0.406 e. The van der Waals surface area contributed by atoms with Gasteiger partial charge < -0.3 is 20.1 Å². The fraction of sp³-hybridized carbons (Fsp3) is 0.370. The van der Waals surface area contributed by atoms with Gasteiger partial charge in [-0.15, -0.1) is 19.8 Å². The largest absolute Gasteiger partial charge is 0.573 e. The van der Waals surface area contributed by atoms with Gasteiger partial charge in [-0.1, -0.05) is 50.3 Å². The normalized spacial score (nSPS) is 9.77. The second-order valence-corrected chi connectivity index (χ2v) is 7.47. The van der Waals surface area contributed by atoms with Crippen molar-refractivity contribution in [1.29, 1.82) is 0 Å². The highest BCUT2D eigenvalue weighted by molar-refractivity contribution is 5.80. The fourth-order valence-corrected chi connectivity index (χ4v) is 3.08. The molecule has 0 unspecified atom stereocenters. The Kier molecular flexibility index (Phi) is 14.6. The minimum absolute atomic E-state index is 0.211. The van der Waals surface area contributed by atoms with Gasteiger partial charge in [0.05, 0.1) is 11.3 Å². The minimum atomic E-state index is -4.75. The monoisotopic (exact) mass is 492 g/mol. The average molecular weight is 493 g/mol. The number of carbonyl (C=O) groups is 1. The van der Waals surface area contributed by atoms with Gasteiger partial charge in [0.15, 0.2) is 0 Å². The Morgan fingerprint density at radius 2 is 1.74 bits per heavy atom. The van der Waals surface area contributed by atoms with Crippen molar-refractivity contribution in [3.8, 4) is 28.7 Å². The maximum Gasteiger partial charge on any atom is 0.573 e. The highest BCUT2D eigenvalue weighted by atomic mass is 19.4. The summed E-state index contributed by atoms with van der Waals surface area (Å²) in [6, 6.07) is 7.42. The summed E-state index contributed by atoms with van der Waals surface area (Å²) in [6.45, 7) is 11.3. The molecule has 0 saturated heterocycles. The Balaban J connectivity index is 0.00000174. The van der Waals surface area contributed by atoms with Crippen molar-refractivity contribution in [2.45, 2.75) is 47.0 Å². The number of nitrogens with zero attached hydrogens (tertiary/aromatic N) is 1. The zero-order valence-electron chi connectivity index (χ0n) is 21.2. The van der Waals surface area contributed by atoms with Crippen molar-refractivity contribution in [2.24, 2.45) is 0 Å². The number of ether oxygens (including phenoxy) is 1. The number of benzene rings is 2. The molecule has 1 amide bonds. The van der Waals surface area contributed by atoms with E-state index in [4.69, 9.17) is 5.11 Å². The number of carbonyl (C=O) groups excluding carboxylic acids is 1. The van der Waals surface area contributed by atoms with Gasteiger partial charge in [0.1, 0.15) is 12.4 Å². The molecular weight excluding hydrogens is 457 g/mol. The van der Waals surface area contributed by atoms with Gasteiger partial charge in [-0.05, 0) is 54.3 Å². The van der Waals surface area contributed by atoms with E-state index in [-0.39, 0.29) is 18.9 Å². The number of halogens is 3. The lowest BCUT2D eigenvalue weighted by Crippen LogP contribution is -2.17. The molecule has 0 atom stereocenters. The highest BCUT2D eigenvalue weighted by Crippen LogP contribution is 2.36. The molecular formula is C27H35F3N2O3. The number of aliphatic hydroxyl groups is 1. The van der Waals surface area contributed by atoms with Crippen LogP contribution in [0.15, 0.2) is 43.0 Å². The molecule has 0 radical (unpaired) electrons. The van der Waals surface area contributed by atoms with Crippen molar-refractivity contribution >= 4 is 12.1 Å². The molecule has 0 fully saturated rings. The average Bonchev–Trinajstić information content (AvgIpc) is 2.77. The van der Waals surface area contributed by atoms with Crippen LogP contribution in [0.4, 0.5) is 18.9 Å². The first kappa shape index (κ1) is 31.6. The summed E-state index contributed by atoms with van der Waals surface area (Å²) in [5.41, 5.74) is 4.51. The third kappa shape index (κ3) is 11.0. The molecule has 35 heavy (non-hydrogen) atoms. The molecule has 0 bridgehead atoms. The smallest absolute Gasteiger partial charge is 0.406 e. The molecule has 8 heteroatoms. The SMILES string of the molecule is C=CC.CCC.Cc1c(-c2ccc(OC(F)(F)F)cc2)cc(CNC=O)c(C#CCO)c1N(C)C. The summed E-state index contributed by atoms with van der Waals surface area (Å²) >= 11 is 0. The van der Waals surface area contributed by atoms with E-state index < -0.39 is 6.36 Å². The predicted molar refractivity (Wildman–Crippen MR) is 136 cm³/mol. The van der Waals surface area contributed by atoms with Crippen LogP contribution in [-0.4, -0.2) is 38.6 Å². The van der Waals surface area contributed by atoms with Gasteiger partial charge in [-0.3, -0.25) is 4.79 Å². The standard InChI is InChI=1S/C21H21F3N2O3.C3H8.C3H6/c1-14-19(15-6-8-17(9-7-15)29-21(22,23)24)11-16(12-25-13-28)18(5-4-10-27)20(14)26(2)3;2*1-3-2/h6-9,11,13,27H,10,12H2,1-3H3,(H,25,28);3H2,1-2H3;3H,1H2,2H3. The number of rotatable bonds is 6. The van der Waals surface area contributed by atoms with Gasteiger partial charge in [0.25, 0.3) is 0 Å². The van der Waals surface area contributed by atoms with E-state index in [0.29, 0.717) is 17.5 Å². The van der Waals surface area contributed by atoms with Crippen LogP contribution in [0.25, 0.3) is 11.1 Å². The highest BCUT2D eigenvalue weighted by Gasteiger charge is 2.31. The van der Waals surface area contributed by atoms with E-state index in [2.05, 4.69) is 42.3 Å². The first-order valence-corrected chi connectivity index (χ1v) is 11.0. The molecule has 192 valence electrons. The molecule has 2 aromatic rings. The Morgan fingerprint density at radius 1 is 1.20 bits per heavy atom. The van der Waals surface area contributed by atoms with Gasteiger partial charge in [0, 0.05) is 20.6 Å². The zero-order valence-corrected chi connectivity index (χ0v) is 21.2. The molecule has 2 N–H and O–H groups in total. The number of amides is 1. The van der Waals surface area contributed by atoms with E-state index in [1.165, 1.54) is 18.6 Å². The first-order chi connectivity index (χ1) is 16.5. The van der Waals surface area contributed by atoms with Crippen LogP contribution in [0, 0.1) is 18.8 Å². The lowest BCUT2D eigenvalue weighted by molar-refractivity contribution is -0.274. The van der Waals surface area contributed by atoms with Crippen molar-refractivity contribution in [1.82, 2.24) is 5.32 Å². The topological polar surface area (TPSA) is 61.8 Å². The molecule has 0 saturated carbocycles. The summed E-state index contributed by atoms with van der Waals surface area (Å²) < 4.78 is 41.1. The number of nitrogens with one attached hydrogen (secondary N) is 1. The second kappa shape index (κ2) is 16.2. The van der Waals surface area contributed by atoms with Crippen LogP contribution in [0.2, 0.25) is 0 Å². The number of hydrogen-bond donors (Lipinski definition) is 2. The molecule has 0 aliphatic rings. The fourth-order valence-electron chi connectivity index (χ4n) is 3.08. The third-order valence-corrected chi connectivity index (χ3v) is 4.15. The Bertz CT molecular complexity index is 990. The zero-order chi connectivity index (χ0) is 27.0. The molecule has 0 aliphatic heterocycles. The van der Waals surface area contributed by atoms with Crippen LogP contribution in [0.5, 0.6) is 5.75 Å². The van der Waals surface area contributed by atoms with Crippen molar-refractivity contribution < 1.29 is 27.8 Å². The summed E-state index contributed by atoms with van der Waals surface area (Å²) in [7, 11) is 3.68. The second-order valence-electron chi connectivity index (χ2n) is 7.47. The molecule has 0 aliphatic carbocycles. The lowest BCUT2D eigenvalue weighted by atomic mass is 9.91. The van der Waals surface area contributed by atoms with E-state index in [1.807, 2.05) is 38.9 Å². The summed E-state index contributed by atoms with van der Waals surface area (Å²) in [6.07, 6.45) is -1.18. The molecule has 0 heterocycles.